The molecule has 0 fully saturated rings. The molecule has 0 saturated carbocycles. The minimum Gasteiger partial charge on any atom is -0.545 e. The predicted octanol–water partition coefficient (Wildman–Crippen LogP) is 0.616. The molecule has 0 spiro atoms. The van der Waals surface area contributed by atoms with Gasteiger partial charge in [-0.1, -0.05) is 36.4 Å². The third kappa shape index (κ3) is 6.26. The van der Waals surface area contributed by atoms with Crippen LogP contribution in [-0.4, -0.2) is 20.9 Å². The number of aromatic carboxylic acids is 1. The van der Waals surface area contributed by atoms with Crippen molar-refractivity contribution in [2.75, 3.05) is 0 Å². The number of carboxylic acid groups (broad SMARTS) is 1. The third-order valence-electron chi connectivity index (χ3n) is 3.78. The molecule has 0 saturated heterocycles. The van der Waals surface area contributed by atoms with E-state index in [2.05, 4.69) is 15.0 Å². The van der Waals surface area contributed by atoms with Gasteiger partial charge in [0.05, 0.1) is 5.97 Å². The van der Waals surface area contributed by atoms with E-state index in [1.54, 1.807) is 24.3 Å². The molecule has 4 rings (SSSR count). The van der Waals surface area contributed by atoms with Crippen molar-refractivity contribution in [2.24, 2.45) is 0 Å². The second-order valence-corrected chi connectivity index (χ2v) is 5.93. The van der Waals surface area contributed by atoms with Crippen LogP contribution in [0.25, 0.3) is 0 Å². The van der Waals surface area contributed by atoms with Crippen LogP contribution < -0.4 is 48.9 Å². The summed E-state index contributed by atoms with van der Waals surface area (Å²) in [4.78, 5) is 23.4. The normalized spacial score (nSPS) is 9.94. The number of carbonyl (C=O) groups excluding carboxylic acids is 1. The van der Waals surface area contributed by atoms with Crippen LogP contribution in [-0.2, 0) is 0 Å². The Morgan fingerprint density at radius 2 is 0.935 bits per heavy atom. The number of hydrogen-bond donors (Lipinski definition) is 0. The molecule has 0 unspecified atom stereocenters. The van der Waals surface area contributed by atoms with Crippen LogP contribution in [0.4, 0.5) is 0 Å². The van der Waals surface area contributed by atoms with Crippen molar-refractivity contribution in [2.45, 2.75) is 0 Å². The molecular formula is C22H14N3NaO5. The number of ether oxygens (including phenoxy) is 3. The van der Waals surface area contributed by atoms with E-state index >= 15 is 0 Å². The molecule has 31 heavy (non-hydrogen) atoms. The van der Waals surface area contributed by atoms with Gasteiger partial charge in [0, 0.05) is 0 Å². The molecule has 3 aromatic carbocycles. The molecule has 8 nitrogen and oxygen atoms in total. The maximum absolute atomic E-state index is 10.9. The molecule has 1 aromatic heterocycles. The van der Waals surface area contributed by atoms with Crippen molar-refractivity contribution >= 4 is 5.97 Å². The minimum atomic E-state index is -1.28. The zero-order valence-corrected chi connectivity index (χ0v) is 18.5. The van der Waals surface area contributed by atoms with E-state index in [0.29, 0.717) is 17.2 Å². The van der Waals surface area contributed by atoms with Gasteiger partial charge in [0.15, 0.2) is 0 Å². The number of nitrogens with zero attached hydrogens (tertiary/aromatic N) is 3. The molecule has 9 heteroatoms. The van der Waals surface area contributed by atoms with Gasteiger partial charge < -0.3 is 24.1 Å². The summed E-state index contributed by atoms with van der Waals surface area (Å²) in [5.41, 5.74) is 0.0270. The SMILES string of the molecule is O=C([O-])c1ccc(Oc2nc(Oc3ccccc3)nc(Oc3ccccc3)n2)cc1.[Na+]. The summed E-state index contributed by atoms with van der Waals surface area (Å²) in [7, 11) is 0. The van der Waals surface area contributed by atoms with E-state index in [4.69, 9.17) is 14.2 Å². The first kappa shape index (κ1) is 22.2. The molecule has 148 valence electrons. The number of para-hydroxylation sites is 2. The molecule has 0 aliphatic carbocycles. The van der Waals surface area contributed by atoms with E-state index in [1.807, 2.05) is 36.4 Å². The van der Waals surface area contributed by atoms with E-state index < -0.39 is 5.97 Å². The maximum atomic E-state index is 10.9. The Kier molecular flexibility index (Phi) is 7.55. The molecule has 0 atom stereocenters. The van der Waals surface area contributed by atoms with Crippen LogP contribution in [0.15, 0.2) is 84.9 Å². The average molecular weight is 423 g/mol. The summed E-state index contributed by atoms with van der Waals surface area (Å²) in [6, 6.07) is 23.5. The monoisotopic (exact) mass is 423 g/mol. The smallest absolute Gasteiger partial charge is 0.545 e. The number of rotatable bonds is 7. The van der Waals surface area contributed by atoms with Crippen molar-refractivity contribution in [1.82, 2.24) is 15.0 Å². The summed E-state index contributed by atoms with van der Waals surface area (Å²) < 4.78 is 17.0. The van der Waals surface area contributed by atoms with Gasteiger partial charge in [-0.2, -0.15) is 0 Å². The van der Waals surface area contributed by atoms with Crippen molar-refractivity contribution in [3.05, 3.63) is 90.5 Å². The number of carboxylic acids is 1. The Hall–Kier alpha value is -3.46. The van der Waals surface area contributed by atoms with Crippen molar-refractivity contribution in [1.29, 1.82) is 0 Å². The number of carbonyl (C=O) groups is 1. The van der Waals surface area contributed by atoms with Crippen molar-refractivity contribution in [3.8, 4) is 35.3 Å². The van der Waals surface area contributed by atoms with E-state index in [1.165, 1.54) is 24.3 Å². The van der Waals surface area contributed by atoms with Gasteiger partial charge in [-0.3, -0.25) is 0 Å². The maximum Gasteiger partial charge on any atom is 1.00 e. The first-order chi connectivity index (χ1) is 14.7. The van der Waals surface area contributed by atoms with Crippen LogP contribution in [0, 0.1) is 0 Å². The van der Waals surface area contributed by atoms with E-state index in [0.717, 1.165) is 0 Å². The Morgan fingerprint density at radius 3 is 1.29 bits per heavy atom. The van der Waals surface area contributed by atoms with Crippen molar-refractivity contribution in [3.63, 3.8) is 0 Å². The Balaban J connectivity index is 0.00000272. The second kappa shape index (κ2) is 10.5. The quantitative estimate of drug-likeness (QED) is 0.398. The van der Waals surface area contributed by atoms with Crippen LogP contribution >= 0.6 is 0 Å². The fourth-order valence-corrected chi connectivity index (χ4v) is 2.41. The molecule has 0 bridgehead atoms. The van der Waals surface area contributed by atoms with Crippen LogP contribution in [0.5, 0.6) is 35.3 Å². The number of benzene rings is 3. The Labute approximate surface area is 199 Å². The fraction of sp³-hybridized carbons (Fsp3) is 0. The summed E-state index contributed by atoms with van der Waals surface area (Å²) in [6.45, 7) is 0. The summed E-state index contributed by atoms with van der Waals surface area (Å²) in [6.07, 6.45) is 0. The Bertz CT molecular complexity index is 1080. The van der Waals surface area contributed by atoms with Gasteiger partial charge in [0.1, 0.15) is 17.2 Å². The molecule has 0 radical (unpaired) electrons. The van der Waals surface area contributed by atoms with Gasteiger partial charge in [-0.25, -0.2) is 0 Å². The topological polar surface area (TPSA) is 106 Å². The second-order valence-electron chi connectivity index (χ2n) is 5.93. The van der Waals surface area contributed by atoms with E-state index in [9.17, 15) is 9.90 Å². The molecule has 1 heterocycles. The molecule has 0 aliphatic rings. The third-order valence-corrected chi connectivity index (χ3v) is 3.78. The van der Waals surface area contributed by atoms with Gasteiger partial charge in [0.25, 0.3) is 0 Å². The fourth-order valence-electron chi connectivity index (χ4n) is 2.41. The molecule has 0 amide bonds. The average Bonchev–Trinajstić information content (AvgIpc) is 2.75. The first-order valence-electron chi connectivity index (χ1n) is 8.87. The van der Waals surface area contributed by atoms with Gasteiger partial charge in [0.2, 0.25) is 0 Å². The molecule has 0 aliphatic heterocycles. The Morgan fingerprint density at radius 1 is 0.581 bits per heavy atom. The van der Waals surface area contributed by atoms with Crippen LogP contribution in [0.1, 0.15) is 10.4 Å². The van der Waals surface area contributed by atoms with Gasteiger partial charge in [-0.15, -0.1) is 15.0 Å². The van der Waals surface area contributed by atoms with Crippen molar-refractivity contribution < 1.29 is 53.7 Å². The summed E-state index contributed by atoms with van der Waals surface area (Å²) in [5.74, 6) is 0.0959. The standard InChI is InChI=1S/C22H15N3O5.Na/c26-19(27)15-11-13-18(14-12-15)30-22-24-20(28-16-7-3-1-4-8-16)23-21(25-22)29-17-9-5-2-6-10-17;/h1-14H,(H,26,27);/q;+1/p-1. The minimum absolute atomic E-state index is 0. The largest absolute Gasteiger partial charge is 1.00 e. The van der Waals surface area contributed by atoms with Gasteiger partial charge in [-0.05, 0) is 54.1 Å². The van der Waals surface area contributed by atoms with Crippen LogP contribution in [0.3, 0.4) is 0 Å². The number of aromatic nitrogens is 3. The number of hydrogen-bond acceptors (Lipinski definition) is 8. The van der Waals surface area contributed by atoms with E-state index in [-0.39, 0.29) is 53.2 Å². The summed E-state index contributed by atoms with van der Waals surface area (Å²) in [5, 5.41) is 10.9. The predicted molar refractivity (Wildman–Crippen MR) is 104 cm³/mol. The summed E-state index contributed by atoms with van der Waals surface area (Å²) >= 11 is 0. The van der Waals surface area contributed by atoms with Crippen LogP contribution in [0.2, 0.25) is 0 Å². The van der Waals surface area contributed by atoms with Gasteiger partial charge >= 0.3 is 47.6 Å². The molecular weight excluding hydrogens is 409 g/mol. The zero-order chi connectivity index (χ0) is 20.8. The first-order valence-corrected chi connectivity index (χ1v) is 8.87. The molecule has 0 N–H and O–H groups in total. The zero-order valence-electron chi connectivity index (χ0n) is 16.5. The molecule has 4 aromatic rings.